The van der Waals surface area contributed by atoms with E-state index in [-0.39, 0.29) is 18.1 Å². The Hall–Kier alpha value is -1.58. The van der Waals surface area contributed by atoms with Crippen LogP contribution < -0.4 is 5.32 Å². The van der Waals surface area contributed by atoms with Gasteiger partial charge in [0.05, 0.1) is 16.5 Å². The zero-order valence-corrected chi connectivity index (χ0v) is 11.3. The third-order valence-corrected chi connectivity index (χ3v) is 3.22. The molecule has 98 valence electrons. The summed E-state index contributed by atoms with van der Waals surface area (Å²) in [5, 5.41) is 3.53. The van der Waals surface area contributed by atoms with Crippen molar-refractivity contribution in [3.05, 3.63) is 63.9 Å². The summed E-state index contributed by atoms with van der Waals surface area (Å²) < 4.78 is 12.7. The molecule has 0 atom stereocenters. The molecule has 0 saturated heterocycles. The number of hydrogen-bond donors (Lipinski definition) is 1. The van der Waals surface area contributed by atoms with E-state index in [9.17, 15) is 9.18 Å². The second-order valence-corrected chi connectivity index (χ2v) is 4.79. The predicted octanol–water partition coefficient (Wildman–Crippen LogP) is 4.31. The van der Waals surface area contributed by atoms with E-state index in [4.69, 9.17) is 23.2 Å². The van der Waals surface area contributed by atoms with Crippen LogP contribution in [0, 0.1) is 5.82 Å². The van der Waals surface area contributed by atoms with E-state index in [1.54, 1.807) is 18.2 Å². The summed E-state index contributed by atoms with van der Waals surface area (Å²) in [6.07, 6.45) is 0.175. The maximum atomic E-state index is 12.7. The van der Waals surface area contributed by atoms with Crippen molar-refractivity contribution < 1.29 is 9.18 Å². The normalized spacial score (nSPS) is 10.3. The first-order valence-corrected chi connectivity index (χ1v) is 6.29. The number of hydrogen-bond acceptors (Lipinski definition) is 1. The van der Waals surface area contributed by atoms with Crippen molar-refractivity contribution in [3.63, 3.8) is 0 Å². The van der Waals surface area contributed by atoms with Crippen LogP contribution in [0.25, 0.3) is 0 Å². The minimum Gasteiger partial charge on any atom is -0.326 e. The molecular weight excluding hydrogens is 288 g/mol. The zero-order chi connectivity index (χ0) is 13.8. The molecule has 0 aliphatic heterocycles. The lowest BCUT2D eigenvalue weighted by molar-refractivity contribution is -0.115. The van der Waals surface area contributed by atoms with Gasteiger partial charge >= 0.3 is 0 Å². The maximum absolute atomic E-state index is 12.7. The fraction of sp³-hybridized carbons (Fsp3) is 0.0714. The standard InChI is InChI=1S/C14H10Cl2FNO/c15-12-6-1-9(7-13(12)16)8-14(19)18-11-4-2-10(17)3-5-11/h1-7H,8H2,(H,18,19). The summed E-state index contributed by atoms with van der Waals surface area (Å²) in [4.78, 5) is 11.8. The molecule has 0 spiro atoms. The van der Waals surface area contributed by atoms with Gasteiger partial charge in [-0.1, -0.05) is 29.3 Å². The van der Waals surface area contributed by atoms with Crippen molar-refractivity contribution in [2.24, 2.45) is 0 Å². The summed E-state index contributed by atoms with van der Waals surface area (Å²) in [5.41, 5.74) is 1.31. The van der Waals surface area contributed by atoms with Gasteiger partial charge < -0.3 is 5.32 Å². The minimum absolute atomic E-state index is 0.175. The van der Waals surface area contributed by atoms with Crippen molar-refractivity contribution in [1.82, 2.24) is 0 Å². The van der Waals surface area contributed by atoms with Crippen LogP contribution in [0.3, 0.4) is 0 Å². The highest BCUT2D eigenvalue weighted by atomic mass is 35.5. The van der Waals surface area contributed by atoms with Crippen LogP contribution in [0.1, 0.15) is 5.56 Å². The quantitative estimate of drug-likeness (QED) is 0.898. The lowest BCUT2D eigenvalue weighted by Crippen LogP contribution is -2.14. The van der Waals surface area contributed by atoms with E-state index in [1.807, 2.05) is 0 Å². The molecule has 0 radical (unpaired) electrons. The van der Waals surface area contributed by atoms with Gasteiger partial charge in [0, 0.05) is 5.69 Å². The molecule has 2 nitrogen and oxygen atoms in total. The monoisotopic (exact) mass is 297 g/mol. The van der Waals surface area contributed by atoms with E-state index in [1.165, 1.54) is 24.3 Å². The molecule has 1 N–H and O–H groups in total. The van der Waals surface area contributed by atoms with Gasteiger partial charge in [-0.25, -0.2) is 4.39 Å². The molecule has 2 rings (SSSR count). The van der Waals surface area contributed by atoms with E-state index >= 15 is 0 Å². The van der Waals surface area contributed by atoms with Gasteiger partial charge in [-0.3, -0.25) is 4.79 Å². The van der Waals surface area contributed by atoms with Gasteiger partial charge in [-0.2, -0.15) is 0 Å². The summed E-state index contributed by atoms with van der Waals surface area (Å²) in [5.74, 6) is -0.549. The van der Waals surface area contributed by atoms with Crippen molar-refractivity contribution in [3.8, 4) is 0 Å². The zero-order valence-electron chi connectivity index (χ0n) is 9.79. The fourth-order valence-electron chi connectivity index (χ4n) is 1.57. The summed E-state index contributed by atoms with van der Waals surface area (Å²) in [7, 11) is 0. The van der Waals surface area contributed by atoms with Crippen LogP contribution in [0.5, 0.6) is 0 Å². The van der Waals surface area contributed by atoms with Gasteiger partial charge in [0.25, 0.3) is 0 Å². The lowest BCUT2D eigenvalue weighted by atomic mass is 10.1. The molecule has 0 saturated carbocycles. The fourth-order valence-corrected chi connectivity index (χ4v) is 1.89. The number of rotatable bonds is 3. The first-order valence-electron chi connectivity index (χ1n) is 5.54. The summed E-state index contributed by atoms with van der Waals surface area (Å²) in [6, 6.07) is 10.6. The van der Waals surface area contributed by atoms with E-state index < -0.39 is 0 Å². The Labute approximate surface area is 120 Å². The number of nitrogens with one attached hydrogen (secondary N) is 1. The summed E-state index contributed by atoms with van der Waals surface area (Å²) in [6.45, 7) is 0. The Morgan fingerprint density at radius 3 is 2.37 bits per heavy atom. The highest BCUT2D eigenvalue weighted by Gasteiger charge is 2.06. The summed E-state index contributed by atoms with van der Waals surface area (Å²) >= 11 is 11.7. The molecule has 0 aliphatic rings. The Bertz CT molecular complexity index is 599. The molecule has 19 heavy (non-hydrogen) atoms. The molecule has 5 heteroatoms. The number of halogens is 3. The van der Waals surface area contributed by atoms with Gasteiger partial charge in [0.2, 0.25) is 5.91 Å². The predicted molar refractivity (Wildman–Crippen MR) is 75.2 cm³/mol. The molecule has 0 bridgehead atoms. The van der Waals surface area contributed by atoms with Gasteiger partial charge in [-0.05, 0) is 42.0 Å². The van der Waals surface area contributed by atoms with Gasteiger partial charge in [-0.15, -0.1) is 0 Å². The number of amides is 1. The Morgan fingerprint density at radius 2 is 1.74 bits per heavy atom. The van der Waals surface area contributed by atoms with Crippen molar-refractivity contribution in [1.29, 1.82) is 0 Å². The molecule has 2 aromatic rings. The average molecular weight is 298 g/mol. The van der Waals surface area contributed by atoms with E-state index in [0.717, 1.165) is 5.56 Å². The molecule has 2 aromatic carbocycles. The van der Waals surface area contributed by atoms with Crippen LogP contribution in [0.4, 0.5) is 10.1 Å². The maximum Gasteiger partial charge on any atom is 0.228 e. The molecule has 0 aliphatic carbocycles. The average Bonchev–Trinajstić information content (AvgIpc) is 2.37. The number of anilines is 1. The van der Waals surface area contributed by atoms with Gasteiger partial charge in [0.15, 0.2) is 0 Å². The third kappa shape index (κ3) is 3.94. The van der Waals surface area contributed by atoms with Crippen molar-refractivity contribution >= 4 is 34.8 Å². The third-order valence-electron chi connectivity index (χ3n) is 2.48. The van der Waals surface area contributed by atoms with Gasteiger partial charge in [0.1, 0.15) is 5.82 Å². The smallest absolute Gasteiger partial charge is 0.228 e. The second-order valence-electron chi connectivity index (χ2n) is 3.98. The molecule has 0 fully saturated rings. The molecular formula is C14H10Cl2FNO. The first-order chi connectivity index (χ1) is 9.04. The van der Waals surface area contributed by atoms with Crippen LogP contribution in [-0.2, 0) is 11.2 Å². The molecule has 0 unspecified atom stereocenters. The van der Waals surface area contributed by atoms with Crippen molar-refractivity contribution in [2.45, 2.75) is 6.42 Å². The van der Waals surface area contributed by atoms with Crippen LogP contribution >= 0.6 is 23.2 Å². The van der Waals surface area contributed by atoms with Crippen LogP contribution in [-0.4, -0.2) is 5.91 Å². The SMILES string of the molecule is O=C(Cc1ccc(Cl)c(Cl)c1)Nc1ccc(F)cc1. The highest BCUT2D eigenvalue weighted by Crippen LogP contribution is 2.23. The first kappa shape index (κ1) is 13.8. The molecule has 1 amide bonds. The Kier molecular flexibility index (Phi) is 4.40. The topological polar surface area (TPSA) is 29.1 Å². The number of benzene rings is 2. The molecule has 0 heterocycles. The lowest BCUT2D eigenvalue weighted by Gasteiger charge is -2.06. The van der Waals surface area contributed by atoms with E-state index in [2.05, 4.69) is 5.32 Å². The Balaban J connectivity index is 2.01. The minimum atomic E-state index is -0.345. The Morgan fingerprint density at radius 1 is 1.05 bits per heavy atom. The van der Waals surface area contributed by atoms with Crippen molar-refractivity contribution in [2.75, 3.05) is 5.32 Å². The largest absolute Gasteiger partial charge is 0.326 e. The molecule has 0 aromatic heterocycles. The van der Waals surface area contributed by atoms with Crippen LogP contribution in [0.15, 0.2) is 42.5 Å². The van der Waals surface area contributed by atoms with E-state index in [0.29, 0.717) is 15.7 Å². The second kappa shape index (κ2) is 6.04. The highest BCUT2D eigenvalue weighted by molar-refractivity contribution is 6.42. The van der Waals surface area contributed by atoms with Crippen LogP contribution in [0.2, 0.25) is 10.0 Å². The number of carbonyl (C=O) groups is 1. The number of carbonyl (C=O) groups excluding carboxylic acids is 1.